The minimum Gasteiger partial charge on any atom is -0.352 e. The van der Waals surface area contributed by atoms with Crippen molar-refractivity contribution in [1.29, 1.82) is 0 Å². The molecule has 6 nitrogen and oxygen atoms in total. The highest BCUT2D eigenvalue weighted by atomic mass is 32.2. The predicted octanol–water partition coefficient (Wildman–Crippen LogP) is -0.323. The summed E-state index contributed by atoms with van der Waals surface area (Å²) in [6, 6.07) is 0.358. The summed E-state index contributed by atoms with van der Waals surface area (Å²) in [4.78, 5) is 15.2. The van der Waals surface area contributed by atoms with E-state index in [2.05, 4.69) is 20.8 Å². The van der Waals surface area contributed by atoms with Crippen molar-refractivity contribution in [3.05, 3.63) is 11.7 Å². The van der Waals surface area contributed by atoms with Gasteiger partial charge < -0.3 is 15.2 Å². The van der Waals surface area contributed by atoms with Gasteiger partial charge in [0, 0.05) is 37.6 Å². The van der Waals surface area contributed by atoms with E-state index in [9.17, 15) is 4.79 Å². The molecular weight excluding hydrogens is 228 g/mol. The van der Waals surface area contributed by atoms with Gasteiger partial charge in [-0.1, -0.05) is 5.16 Å². The zero-order valence-corrected chi connectivity index (χ0v) is 9.84. The molecular formula is C9H14N4O2S. The van der Waals surface area contributed by atoms with Crippen LogP contribution in [0, 0.1) is 0 Å². The molecule has 88 valence electrons. The number of amides is 1. The van der Waals surface area contributed by atoms with Crippen molar-refractivity contribution in [3.8, 4) is 0 Å². The van der Waals surface area contributed by atoms with Crippen molar-refractivity contribution in [2.45, 2.75) is 12.5 Å². The van der Waals surface area contributed by atoms with Crippen molar-refractivity contribution in [2.75, 3.05) is 25.1 Å². The van der Waals surface area contributed by atoms with Gasteiger partial charge in [0.1, 0.15) is 0 Å². The third kappa shape index (κ3) is 2.73. The number of nitrogens with one attached hydrogen (secondary N) is 2. The molecule has 2 heterocycles. The number of thioether (sulfide) groups is 1. The Hall–Kier alpha value is -1.08. The minimum atomic E-state index is -0.319. The Kier molecular flexibility index (Phi) is 3.79. The van der Waals surface area contributed by atoms with Gasteiger partial charge in [0.15, 0.2) is 0 Å². The summed E-state index contributed by atoms with van der Waals surface area (Å²) in [7, 11) is 1.54. The first-order valence-electron chi connectivity index (χ1n) is 5.15. The van der Waals surface area contributed by atoms with Gasteiger partial charge >= 0.3 is 0 Å². The number of aromatic nitrogens is 2. The van der Waals surface area contributed by atoms with Gasteiger partial charge in [-0.25, -0.2) is 0 Å². The Morgan fingerprint density at radius 2 is 2.62 bits per heavy atom. The average molecular weight is 242 g/mol. The molecule has 2 N–H and O–H groups in total. The van der Waals surface area contributed by atoms with Crippen LogP contribution in [0.5, 0.6) is 0 Å². The summed E-state index contributed by atoms with van der Waals surface area (Å²) in [5.74, 6) is 2.47. The molecule has 0 saturated carbocycles. The molecule has 1 fully saturated rings. The number of nitrogens with zero attached hydrogens (tertiary/aromatic N) is 2. The van der Waals surface area contributed by atoms with Gasteiger partial charge in [0.2, 0.25) is 5.89 Å². The number of hydrogen-bond acceptors (Lipinski definition) is 6. The normalized spacial score (nSPS) is 20.7. The zero-order chi connectivity index (χ0) is 11.4. The Balaban J connectivity index is 1.94. The van der Waals surface area contributed by atoms with Crippen LogP contribution in [0.25, 0.3) is 0 Å². The van der Waals surface area contributed by atoms with Crippen molar-refractivity contribution in [3.63, 3.8) is 0 Å². The van der Waals surface area contributed by atoms with Crippen LogP contribution in [0.1, 0.15) is 16.5 Å². The van der Waals surface area contributed by atoms with Crippen LogP contribution in [0.3, 0.4) is 0 Å². The third-order valence-corrected chi connectivity index (χ3v) is 3.45. The quantitative estimate of drug-likeness (QED) is 0.756. The maximum absolute atomic E-state index is 11.2. The van der Waals surface area contributed by atoms with E-state index in [1.54, 1.807) is 0 Å². The second kappa shape index (κ2) is 5.31. The van der Waals surface area contributed by atoms with E-state index in [0.29, 0.717) is 18.4 Å². The van der Waals surface area contributed by atoms with Gasteiger partial charge in [-0.3, -0.25) is 4.79 Å². The highest BCUT2D eigenvalue weighted by Crippen LogP contribution is 2.11. The Morgan fingerprint density at radius 1 is 1.75 bits per heavy atom. The maximum Gasteiger partial charge on any atom is 0.292 e. The van der Waals surface area contributed by atoms with Crippen LogP contribution in [-0.2, 0) is 6.42 Å². The summed E-state index contributed by atoms with van der Waals surface area (Å²) in [5.41, 5.74) is 0. The molecule has 1 amide bonds. The van der Waals surface area contributed by atoms with E-state index in [0.717, 1.165) is 18.1 Å². The highest BCUT2D eigenvalue weighted by molar-refractivity contribution is 7.99. The maximum atomic E-state index is 11.2. The number of carbonyl (C=O) groups excluding carboxylic acids is 1. The number of hydrogen-bond donors (Lipinski definition) is 2. The van der Waals surface area contributed by atoms with Crippen LogP contribution >= 0.6 is 11.8 Å². The average Bonchev–Trinajstić information content (AvgIpc) is 2.78. The molecule has 16 heavy (non-hydrogen) atoms. The van der Waals surface area contributed by atoms with Gasteiger partial charge in [-0.15, -0.1) is 0 Å². The Labute approximate surface area is 97.5 Å². The van der Waals surface area contributed by atoms with Gasteiger partial charge in [0.25, 0.3) is 11.7 Å². The van der Waals surface area contributed by atoms with Gasteiger partial charge in [0.05, 0.1) is 0 Å². The first-order chi connectivity index (χ1) is 7.79. The summed E-state index contributed by atoms with van der Waals surface area (Å²) >= 11 is 1.91. The molecule has 7 heteroatoms. The van der Waals surface area contributed by atoms with E-state index < -0.39 is 0 Å². The summed E-state index contributed by atoms with van der Waals surface area (Å²) in [5, 5.41) is 9.45. The molecule has 0 bridgehead atoms. The van der Waals surface area contributed by atoms with Crippen LogP contribution in [0.15, 0.2) is 4.52 Å². The van der Waals surface area contributed by atoms with Crippen molar-refractivity contribution in [1.82, 2.24) is 20.8 Å². The first kappa shape index (κ1) is 11.4. The fraction of sp³-hybridized carbons (Fsp3) is 0.667. The SMILES string of the molecule is CNC(=O)c1noc(CC2CSCCN2)n1. The molecule has 1 atom stereocenters. The molecule has 2 rings (SSSR count). The zero-order valence-electron chi connectivity index (χ0n) is 9.02. The molecule has 1 aromatic heterocycles. The van der Waals surface area contributed by atoms with E-state index >= 15 is 0 Å². The Morgan fingerprint density at radius 3 is 3.31 bits per heavy atom. The van der Waals surface area contributed by atoms with E-state index in [4.69, 9.17) is 4.52 Å². The second-order valence-corrected chi connectivity index (χ2v) is 4.67. The lowest BCUT2D eigenvalue weighted by molar-refractivity contribution is 0.0950. The van der Waals surface area contributed by atoms with Crippen LogP contribution in [0.2, 0.25) is 0 Å². The van der Waals surface area contributed by atoms with E-state index in [1.165, 1.54) is 7.05 Å². The third-order valence-electron chi connectivity index (χ3n) is 2.32. The molecule has 0 spiro atoms. The van der Waals surface area contributed by atoms with Crippen LogP contribution in [-0.4, -0.2) is 47.2 Å². The topological polar surface area (TPSA) is 80.0 Å². The lowest BCUT2D eigenvalue weighted by Crippen LogP contribution is -2.39. The fourth-order valence-electron chi connectivity index (χ4n) is 1.50. The monoisotopic (exact) mass is 242 g/mol. The van der Waals surface area contributed by atoms with Crippen LogP contribution in [0.4, 0.5) is 0 Å². The molecule has 0 radical (unpaired) electrons. The van der Waals surface area contributed by atoms with Crippen molar-refractivity contribution in [2.24, 2.45) is 0 Å². The molecule has 1 aromatic rings. The Bertz CT molecular complexity index is 362. The summed E-state index contributed by atoms with van der Waals surface area (Å²) in [6.45, 7) is 1.01. The molecule has 1 saturated heterocycles. The standard InChI is InChI=1S/C9H14N4O2S/c1-10-9(14)8-12-7(15-13-8)4-6-5-16-3-2-11-6/h6,11H,2-5H2,1H3,(H,10,14). The molecule has 1 aliphatic rings. The number of rotatable bonds is 3. The lowest BCUT2D eigenvalue weighted by Gasteiger charge is -2.21. The smallest absolute Gasteiger partial charge is 0.292 e. The van der Waals surface area contributed by atoms with Crippen molar-refractivity contribution >= 4 is 17.7 Å². The van der Waals surface area contributed by atoms with E-state index in [-0.39, 0.29) is 11.7 Å². The second-order valence-electron chi connectivity index (χ2n) is 3.52. The van der Waals surface area contributed by atoms with Crippen LogP contribution < -0.4 is 10.6 Å². The van der Waals surface area contributed by atoms with Crippen molar-refractivity contribution < 1.29 is 9.32 Å². The highest BCUT2D eigenvalue weighted by Gasteiger charge is 2.18. The predicted molar refractivity (Wildman–Crippen MR) is 60.5 cm³/mol. The van der Waals surface area contributed by atoms with Gasteiger partial charge in [-0.2, -0.15) is 16.7 Å². The van der Waals surface area contributed by atoms with Gasteiger partial charge in [-0.05, 0) is 0 Å². The molecule has 0 aliphatic carbocycles. The molecule has 1 aliphatic heterocycles. The minimum absolute atomic E-state index is 0.0981. The fourth-order valence-corrected chi connectivity index (χ4v) is 2.45. The lowest BCUT2D eigenvalue weighted by atomic mass is 10.2. The molecule has 0 aromatic carbocycles. The summed E-state index contributed by atoms with van der Waals surface area (Å²) < 4.78 is 5.02. The summed E-state index contributed by atoms with van der Waals surface area (Å²) in [6.07, 6.45) is 0.678. The van der Waals surface area contributed by atoms with E-state index in [1.807, 2.05) is 11.8 Å². The molecule has 1 unspecified atom stereocenters. The largest absolute Gasteiger partial charge is 0.352 e. The first-order valence-corrected chi connectivity index (χ1v) is 6.31. The number of carbonyl (C=O) groups is 1.